The summed E-state index contributed by atoms with van der Waals surface area (Å²) in [4.78, 5) is 28.4. The molecule has 3 rings (SSSR count). The summed E-state index contributed by atoms with van der Waals surface area (Å²) >= 11 is 0. The fourth-order valence-electron chi connectivity index (χ4n) is 3.78. The lowest BCUT2D eigenvalue weighted by molar-refractivity contribution is -0.127. The third-order valence-corrected chi connectivity index (χ3v) is 5.10. The second kappa shape index (κ2) is 8.47. The van der Waals surface area contributed by atoms with Crippen LogP contribution >= 0.6 is 0 Å². The number of nitrogens with zero attached hydrogens (tertiary/aromatic N) is 2. The number of hydrogen-bond donors (Lipinski definition) is 0. The van der Waals surface area contributed by atoms with Crippen molar-refractivity contribution in [2.24, 2.45) is 0 Å². The van der Waals surface area contributed by atoms with Crippen LogP contribution in [0.4, 0.5) is 8.78 Å². The maximum absolute atomic E-state index is 12.9. The Hall–Kier alpha value is -2.18. The molecule has 1 atom stereocenters. The molecule has 0 unspecified atom stereocenters. The molecule has 2 amide bonds. The van der Waals surface area contributed by atoms with Gasteiger partial charge >= 0.3 is 6.61 Å². The number of carbonyl (C=O) groups excluding carboxylic acids is 2. The monoisotopic (exact) mass is 366 g/mol. The number of alkyl halides is 2. The van der Waals surface area contributed by atoms with Crippen molar-refractivity contribution in [3.63, 3.8) is 0 Å². The predicted molar refractivity (Wildman–Crippen MR) is 92.2 cm³/mol. The number of piperidine rings is 1. The number of carbonyl (C=O) groups is 2. The molecule has 2 saturated heterocycles. The van der Waals surface area contributed by atoms with Gasteiger partial charge in [0, 0.05) is 37.7 Å². The van der Waals surface area contributed by atoms with Crippen LogP contribution in [0.5, 0.6) is 5.75 Å². The first-order valence-corrected chi connectivity index (χ1v) is 9.18. The van der Waals surface area contributed by atoms with E-state index in [1.54, 1.807) is 12.1 Å². The fraction of sp³-hybridized carbons (Fsp3) is 0.579. The van der Waals surface area contributed by atoms with E-state index in [0.717, 1.165) is 38.6 Å². The molecule has 5 nitrogen and oxygen atoms in total. The molecule has 1 aromatic carbocycles. The summed E-state index contributed by atoms with van der Waals surface area (Å²) in [6, 6.07) is 6.02. The van der Waals surface area contributed by atoms with Crippen LogP contribution in [0, 0.1) is 0 Å². The number of ether oxygens (including phenoxy) is 1. The number of benzene rings is 1. The first-order valence-electron chi connectivity index (χ1n) is 9.18. The van der Waals surface area contributed by atoms with Crippen LogP contribution in [-0.4, -0.2) is 53.9 Å². The zero-order valence-electron chi connectivity index (χ0n) is 14.7. The highest BCUT2D eigenvalue weighted by molar-refractivity contribution is 5.94. The second-order valence-corrected chi connectivity index (χ2v) is 6.83. The second-order valence-electron chi connectivity index (χ2n) is 6.83. The van der Waals surface area contributed by atoms with Gasteiger partial charge in [0.05, 0.1) is 0 Å². The van der Waals surface area contributed by atoms with Crippen LogP contribution in [0.25, 0.3) is 0 Å². The smallest absolute Gasteiger partial charge is 0.387 e. The van der Waals surface area contributed by atoms with Crippen LogP contribution in [-0.2, 0) is 4.79 Å². The summed E-state index contributed by atoms with van der Waals surface area (Å²) in [5, 5.41) is 0. The molecule has 1 aromatic rings. The normalized spacial score (nSPS) is 20.7. The highest BCUT2D eigenvalue weighted by Crippen LogP contribution is 2.25. The number of likely N-dealkylation sites (tertiary alicyclic amines) is 2. The number of amides is 2. The van der Waals surface area contributed by atoms with E-state index in [4.69, 9.17) is 0 Å². The van der Waals surface area contributed by atoms with E-state index in [1.165, 1.54) is 12.1 Å². The van der Waals surface area contributed by atoms with Crippen molar-refractivity contribution in [2.45, 2.75) is 51.2 Å². The van der Waals surface area contributed by atoms with Crippen molar-refractivity contribution in [1.82, 2.24) is 9.80 Å². The predicted octanol–water partition coefficient (Wildman–Crippen LogP) is 3.30. The molecule has 7 heteroatoms. The van der Waals surface area contributed by atoms with E-state index in [-0.39, 0.29) is 23.6 Å². The standard InChI is InChI=1S/C19H24F2N2O3/c20-19(21)26-16-7-3-5-14(13-16)18(25)23-11-2-1-6-15(23)9-12-22-10-4-8-17(22)24/h3,5,7,13,15,19H,1-2,4,6,8-12H2/t15-/m0/s1. The number of rotatable bonds is 6. The van der Waals surface area contributed by atoms with E-state index in [9.17, 15) is 18.4 Å². The zero-order valence-corrected chi connectivity index (χ0v) is 14.7. The summed E-state index contributed by atoms with van der Waals surface area (Å²) in [5.74, 6) is 0.0137. The lowest BCUT2D eigenvalue weighted by Crippen LogP contribution is -2.45. The van der Waals surface area contributed by atoms with Crippen molar-refractivity contribution in [1.29, 1.82) is 0 Å². The highest BCUT2D eigenvalue weighted by Gasteiger charge is 2.29. The van der Waals surface area contributed by atoms with Crippen molar-refractivity contribution in [2.75, 3.05) is 19.6 Å². The van der Waals surface area contributed by atoms with Gasteiger partial charge in [0.1, 0.15) is 5.75 Å². The molecule has 2 aliphatic rings. The molecule has 0 bridgehead atoms. The van der Waals surface area contributed by atoms with E-state index in [0.29, 0.717) is 25.1 Å². The molecular weight excluding hydrogens is 342 g/mol. The van der Waals surface area contributed by atoms with Crippen LogP contribution in [0.15, 0.2) is 24.3 Å². The van der Waals surface area contributed by atoms with E-state index in [2.05, 4.69) is 4.74 Å². The minimum Gasteiger partial charge on any atom is -0.435 e. The third kappa shape index (κ3) is 4.51. The van der Waals surface area contributed by atoms with Crippen molar-refractivity contribution < 1.29 is 23.1 Å². The van der Waals surface area contributed by atoms with Crippen LogP contribution in [0.1, 0.15) is 48.9 Å². The maximum Gasteiger partial charge on any atom is 0.387 e. The Kier molecular flexibility index (Phi) is 6.06. The topological polar surface area (TPSA) is 49.9 Å². The largest absolute Gasteiger partial charge is 0.435 e. The molecule has 142 valence electrons. The Morgan fingerprint density at radius 3 is 2.81 bits per heavy atom. The molecule has 0 N–H and O–H groups in total. The minimum absolute atomic E-state index is 0.0120. The van der Waals surface area contributed by atoms with Gasteiger partial charge in [-0.2, -0.15) is 8.78 Å². The molecule has 26 heavy (non-hydrogen) atoms. The SMILES string of the molecule is O=C1CCCN1CC[C@@H]1CCCCN1C(=O)c1cccc(OC(F)F)c1. The quantitative estimate of drug-likeness (QED) is 0.776. The highest BCUT2D eigenvalue weighted by atomic mass is 19.3. The van der Waals surface area contributed by atoms with E-state index < -0.39 is 6.61 Å². The Bertz CT molecular complexity index is 653. The van der Waals surface area contributed by atoms with Gasteiger partial charge in [-0.05, 0) is 50.3 Å². The van der Waals surface area contributed by atoms with Crippen LogP contribution < -0.4 is 4.74 Å². The summed E-state index contributed by atoms with van der Waals surface area (Å²) in [5.41, 5.74) is 0.354. The van der Waals surface area contributed by atoms with Gasteiger partial charge in [0.2, 0.25) is 5.91 Å². The summed E-state index contributed by atoms with van der Waals surface area (Å²) in [6.45, 7) is -0.799. The Labute approximate surface area is 151 Å². The van der Waals surface area contributed by atoms with Crippen molar-refractivity contribution >= 4 is 11.8 Å². The van der Waals surface area contributed by atoms with Crippen LogP contribution in [0.3, 0.4) is 0 Å². The van der Waals surface area contributed by atoms with Crippen LogP contribution in [0.2, 0.25) is 0 Å². The van der Waals surface area contributed by atoms with Gasteiger partial charge in [-0.1, -0.05) is 6.07 Å². The average Bonchev–Trinajstić information content (AvgIpc) is 3.04. The summed E-state index contributed by atoms with van der Waals surface area (Å²) < 4.78 is 29.2. The summed E-state index contributed by atoms with van der Waals surface area (Å²) in [7, 11) is 0. The number of hydrogen-bond acceptors (Lipinski definition) is 3. The minimum atomic E-state index is -2.92. The average molecular weight is 366 g/mol. The molecule has 0 radical (unpaired) electrons. The van der Waals surface area contributed by atoms with Gasteiger partial charge < -0.3 is 14.5 Å². The van der Waals surface area contributed by atoms with Gasteiger partial charge in [-0.3, -0.25) is 9.59 Å². The zero-order chi connectivity index (χ0) is 18.5. The third-order valence-electron chi connectivity index (χ3n) is 5.10. The van der Waals surface area contributed by atoms with Gasteiger partial charge in [-0.25, -0.2) is 0 Å². The fourth-order valence-corrected chi connectivity index (χ4v) is 3.78. The molecular formula is C19H24F2N2O3. The molecule has 0 aromatic heterocycles. The van der Waals surface area contributed by atoms with E-state index >= 15 is 0 Å². The van der Waals surface area contributed by atoms with Crippen molar-refractivity contribution in [3.05, 3.63) is 29.8 Å². The number of halogens is 2. The first-order chi connectivity index (χ1) is 12.5. The van der Waals surface area contributed by atoms with Gasteiger partial charge in [0.15, 0.2) is 0 Å². The van der Waals surface area contributed by atoms with Gasteiger partial charge in [0.25, 0.3) is 5.91 Å². The Balaban J connectivity index is 1.66. The molecule has 0 spiro atoms. The lowest BCUT2D eigenvalue weighted by Gasteiger charge is -2.36. The van der Waals surface area contributed by atoms with Gasteiger partial charge in [-0.15, -0.1) is 0 Å². The molecule has 2 fully saturated rings. The molecule has 2 aliphatic heterocycles. The first kappa shape index (κ1) is 18.6. The van der Waals surface area contributed by atoms with E-state index in [1.807, 2.05) is 9.80 Å². The lowest BCUT2D eigenvalue weighted by atomic mass is 9.98. The van der Waals surface area contributed by atoms with Crippen molar-refractivity contribution in [3.8, 4) is 5.75 Å². The summed E-state index contributed by atoms with van der Waals surface area (Å²) in [6.07, 6.45) is 5.16. The maximum atomic E-state index is 12.9. The molecule has 0 saturated carbocycles. The molecule has 0 aliphatic carbocycles. The Morgan fingerprint density at radius 2 is 2.08 bits per heavy atom. The Morgan fingerprint density at radius 1 is 1.23 bits per heavy atom. The molecule has 2 heterocycles.